The maximum atomic E-state index is 12.1. The first-order valence-electron chi connectivity index (χ1n) is 6.70. The molecule has 108 valence electrons. The van der Waals surface area contributed by atoms with Gasteiger partial charge in [-0.2, -0.15) is 5.26 Å². The minimum Gasteiger partial charge on any atom is -0.357 e. The van der Waals surface area contributed by atoms with Gasteiger partial charge in [0.1, 0.15) is 0 Å². The fourth-order valence-electron chi connectivity index (χ4n) is 2.97. The van der Waals surface area contributed by atoms with Crippen LogP contribution in [0.1, 0.15) is 29.7 Å². The first-order valence-corrected chi connectivity index (χ1v) is 7.46. The lowest BCUT2D eigenvalue weighted by Crippen LogP contribution is -2.26. The Morgan fingerprint density at radius 1 is 1.48 bits per heavy atom. The van der Waals surface area contributed by atoms with Gasteiger partial charge in [-0.15, -0.1) is 0 Å². The number of benzene rings is 1. The molecule has 1 aromatic heterocycles. The van der Waals surface area contributed by atoms with Gasteiger partial charge in [0.25, 0.3) is 0 Å². The number of aromatic amines is 1. The van der Waals surface area contributed by atoms with Gasteiger partial charge in [-0.3, -0.25) is 4.79 Å². The highest BCUT2D eigenvalue weighted by Crippen LogP contribution is 2.40. The van der Waals surface area contributed by atoms with E-state index in [1.807, 2.05) is 6.92 Å². The lowest BCUT2D eigenvalue weighted by atomic mass is 9.93. The van der Waals surface area contributed by atoms with Crippen molar-refractivity contribution in [1.29, 1.82) is 5.26 Å². The third-order valence-electron chi connectivity index (χ3n) is 3.94. The van der Waals surface area contributed by atoms with E-state index in [0.29, 0.717) is 23.0 Å². The highest BCUT2D eigenvalue weighted by atomic mass is 35.5. The molecule has 21 heavy (non-hydrogen) atoms. The molecule has 0 saturated carbocycles. The average molecular weight is 322 g/mol. The maximum Gasteiger partial charge on any atom is 0.227 e. The zero-order chi connectivity index (χ0) is 15.1. The number of rotatable bonds is 1. The van der Waals surface area contributed by atoms with E-state index < -0.39 is 0 Å². The molecule has 1 amide bonds. The van der Waals surface area contributed by atoms with Crippen molar-refractivity contribution in [2.45, 2.75) is 25.7 Å². The largest absolute Gasteiger partial charge is 0.357 e. The highest BCUT2D eigenvalue weighted by molar-refractivity contribution is 6.45. The summed E-state index contributed by atoms with van der Waals surface area (Å²) in [5, 5.41) is 13.6. The van der Waals surface area contributed by atoms with E-state index in [2.05, 4.69) is 16.4 Å². The number of H-pyrrole nitrogens is 1. The minimum atomic E-state index is -0.286. The third kappa shape index (κ3) is 2.17. The SMILES string of the molecule is C[C@H]1C(=O)NCCc2[nH]c3c(Cl)c(Cl)cc(CC#N)c3c21. The molecule has 1 atom stereocenters. The van der Waals surface area contributed by atoms with Gasteiger partial charge >= 0.3 is 0 Å². The van der Waals surface area contributed by atoms with Crippen LogP contribution in [-0.4, -0.2) is 17.4 Å². The van der Waals surface area contributed by atoms with E-state index in [-0.39, 0.29) is 18.2 Å². The van der Waals surface area contributed by atoms with Gasteiger partial charge in [-0.25, -0.2) is 0 Å². The summed E-state index contributed by atoms with van der Waals surface area (Å²) < 4.78 is 0. The predicted molar refractivity (Wildman–Crippen MR) is 82.8 cm³/mol. The van der Waals surface area contributed by atoms with Crippen molar-refractivity contribution in [1.82, 2.24) is 10.3 Å². The Morgan fingerprint density at radius 3 is 2.95 bits per heavy atom. The molecule has 2 N–H and O–H groups in total. The van der Waals surface area contributed by atoms with Crippen LogP contribution in [0.5, 0.6) is 0 Å². The molecule has 3 rings (SSSR count). The normalized spacial score (nSPS) is 18.0. The zero-order valence-electron chi connectivity index (χ0n) is 11.4. The van der Waals surface area contributed by atoms with Crippen LogP contribution in [0, 0.1) is 11.3 Å². The minimum absolute atomic E-state index is 0.0105. The summed E-state index contributed by atoms with van der Waals surface area (Å²) in [5.41, 5.74) is 3.45. The fourth-order valence-corrected chi connectivity index (χ4v) is 3.39. The number of carbonyl (C=O) groups is 1. The van der Waals surface area contributed by atoms with Crippen LogP contribution in [-0.2, 0) is 17.6 Å². The first kappa shape index (κ1) is 14.2. The molecule has 1 aliphatic heterocycles. The standard InChI is InChI=1S/C15H13Cl2N3O/c1-7-11-10(3-5-19-15(7)21)20-14-12(11)8(2-4-18)6-9(16)13(14)17/h6-7,20H,2-3,5H2,1H3,(H,19,21)/t7-/m1/s1. The molecule has 0 radical (unpaired) electrons. The van der Waals surface area contributed by atoms with Crippen LogP contribution in [0.3, 0.4) is 0 Å². The lowest BCUT2D eigenvalue weighted by molar-refractivity contribution is -0.121. The van der Waals surface area contributed by atoms with E-state index in [1.54, 1.807) is 6.07 Å². The molecule has 0 saturated heterocycles. The molecule has 6 heteroatoms. The number of halogens is 2. The highest BCUT2D eigenvalue weighted by Gasteiger charge is 2.28. The second kappa shape index (κ2) is 5.25. The summed E-state index contributed by atoms with van der Waals surface area (Å²) in [6.07, 6.45) is 0.937. The van der Waals surface area contributed by atoms with Gasteiger partial charge in [0.15, 0.2) is 0 Å². The van der Waals surface area contributed by atoms with Gasteiger partial charge in [-0.05, 0) is 24.1 Å². The molecular formula is C15H13Cl2N3O. The summed E-state index contributed by atoms with van der Waals surface area (Å²) in [5.74, 6) is -0.297. The van der Waals surface area contributed by atoms with Crippen molar-refractivity contribution >= 4 is 40.0 Å². The maximum absolute atomic E-state index is 12.1. The molecule has 2 heterocycles. The molecule has 0 unspecified atom stereocenters. The summed E-state index contributed by atoms with van der Waals surface area (Å²) in [6, 6.07) is 3.87. The van der Waals surface area contributed by atoms with Crippen molar-refractivity contribution < 1.29 is 4.79 Å². The van der Waals surface area contributed by atoms with Crippen LogP contribution < -0.4 is 5.32 Å². The van der Waals surface area contributed by atoms with Gasteiger partial charge < -0.3 is 10.3 Å². The van der Waals surface area contributed by atoms with Crippen molar-refractivity contribution in [3.8, 4) is 6.07 Å². The van der Waals surface area contributed by atoms with Crippen LogP contribution in [0.2, 0.25) is 10.0 Å². The number of amides is 1. The van der Waals surface area contributed by atoms with E-state index in [1.165, 1.54) is 0 Å². The summed E-state index contributed by atoms with van der Waals surface area (Å²) in [7, 11) is 0. The number of nitrogens with one attached hydrogen (secondary N) is 2. The fraction of sp³-hybridized carbons (Fsp3) is 0.333. The summed E-state index contributed by atoms with van der Waals surface area (Å²) >= 11 is 12.4. The number of nitriles is 1. The van der Waals surface area contributed by atoms with E-state index >= 15 is 0 Å². The zero-order valence-corrected chi connectivity index (χ0v) is 12.9. The molecule has 1 aliphatic rings. The van der Waals surface area contributed by atoms with Crippen LogP contribution >= 0.6 is 23.2 Å². The smallest absolute Gasteiger partial charge is 0.227 e. The lowest BCUT2D eigenvalue weighted by Gasteiger charge is -2.11. The average Bonchev–Trinajstić information content (AvgIpc) is 2.77. The summed E-state index contributed by atoms with van der Waals surface area (Å²) in [6.45, 7) is 2.45. The van der Waals surface area contributed by atoms with E-state index in [4.69, 9.17) is 28.5 Å². The van der Waals surface area contributed by atoms with Crippen LogP contribution in [0.4, 0.5) is 0 Å². The quantitative estimate of drug-likeness (QED) is 0.846. The molecule has 4 nitrogen and oxygen atoms in total. The second-order valence-electron chi connectivity index (χ2n) is 5.20. The molecule has 0 bridgehead atoms. The monoisotopic (exact) mass is 321 g/mol. The number of aromatic nitrogens is 1. The van der Waals surface area contributed by atoms with Crippen molar-refractivity contribution in [3.63, 3.8) is 0 Å². The molecule has 0 spiro atoms. The van der Waals surface area contributed by atoms with Crippen molar-refractivity contribution in [2.75, 3.05) is 6.54 Å². The Kier molecular flexibility index (Phi) is 3.56. The van der Waals surface area contributed by atoms with Crippen molar-refractivity contribution in [3.05, 3.63) is 32.9 Å². The number of nitrogens with zero attached hydrogens (tertiary/aromatic N) is 1. The van der Waals surface area contributed by atoms with Gasteiger partial charge in [-0.1, -0.05) is 23.2 Å². The first-order chi connectivity index (χ1) is 10.0. The second-order valence-corrected chi connectivity index (χ2v) is 5.98. The number of fused-ring (bicyclic) bond motifs is 3. The van der Waals surface area contributed by atoms with Crippen LogP contribution in [0.15, 0.2) is 6.07 Å². The molecule has 0 fully saturated rings. The Morgan fingerprint density at radius 2 is 2.24 bits per heavy atom. The molecule has 0 aliphatic carbocycles. The van der Waals surface area contributed by atoms with E-state index in [9.17, 15) is 4.79 Å². The van der Waals surface area contributed by atoms with Gasteiger partial charge in [0.05, 0.1) is 34.0 Å². The molecule has 2 aromatic rings. The van der Waals surface area contributed by atoms with E-state index in [0.717, 1.165) is 27.7 Å². The number of carbonyl (C=O) groups excluding carboxylic acids is 1. The third-order valence-corrected chi connectivity index (χ3v) is 4.73. The van der Waals surface area contributed by atoms with Gasteiger partial charge in [0, 0.05) is 24.0 Å². The Labute approximate surface area is 132 Å². The molecule has 1 aromatic carbocycles. The summed E-state index contributed by atoms with van der Waals surface area (Å²) in [4.78, 5) is 15.4. The van der Waals surface area contributed by atoms with Gasteiger partial charge in [0.2, 0.25) is 5.91 Å². The Balaban J connectivity index is 2.39. The number of hydrogen-bond donors (Lipinski definition) is 2. The topological polar surface area (TPSA) is 68.7 Å². The number of hydrogen-bond acceptors (Lipinski definition) is 2. The Hall–Kier alpha value is -1.70. The predicted octanol–water partition coefficient (Wildman–Crippen LogP) is 3.32. The Bertz CT molecular complexity index is 789. The van der Waals surface area contributed by atoms with Crippen LogP contribution in [0.25, 0.3) is 10.9 Å². The van der Waals surface area contributed by atoms with Crippen molar-refractivity contribution in [2.24, 2.45) is 0 Å². The molecular weight excluding hydrogens is 309 g/mol.